The van der Waals surface area contributed by atoms with Crippen LogP contribution in [0.15, 0.2) is 70.6 Å². The number of aromatic amines is 1. The van der Waals surface area contributed by atoms with Gasteiger partial charge in [0.2, 0.25) is 5.78 Å². The normalized spacial score (nSPS) is 11.8. The van der Waals surface area contributed by atoms with Gasteiger partial charge in [0.1, 0.15) is 5.84 Å². The first-order valence-electron chi connectivity index (χ1n) is 8.89. The number of rotatable bonds is 3. The van der Waals surface area contributed by atoms with Gasteiger partial charge >= 0.3 is 0 Å². The first-order valence-corrected chi connectivity index (χ1v) is 8.89. The van der Waals surface area contributed by atoms with Crippen molar-refractivity contribution in [3.8, 4) is 11.1 Å². The van der Waals surface area contributed by atoms with Crippen molar-refractivity contribution in [2.45, 2.75) is 6.92 Å². The molecule has 0 aliphatic carbocycles. The minimum Gasteiger partial charge on any atom is -0.362 e. The molecule has 1 N–H and O–H groups in total. The van der Waals surface area contributed by atoms with E-state index in [0.29, 0.717) is 11.3 Å². The number of H-pyrrole nitrogens is 1. The van der Waals surface area contributed by atoms with Crippen LogP contribution >= 0.6 is 0 Å². The van der Waals surface area contributed by atoms with Gasteiger partial charge in [-0.1, -0.05) is 60.2 Å². The molecule has 0 aliphatic heterocycles. The lowest BCUT2D eigenvalue weighted by atomic mass is 10.1. The van der Waals surface area contributed by atoms with Crippen molar-refractivity contribution in [1.29, 1.82) is 0 Å². The molecule has 4 rings (SSSR count). The Morgan fingerprint density at radius 2 is 1.79 bits per heavy atom. The molecule has 0 spiro atoms. The van der Waals surface area contributed by atoms with Crippen LogP contribution in [0.4, 0.5) is 5.95 Å². The minimum absolute atomic E-state index is 0.213. The maximum absolute atomic E-state index is 12.5. The van der Waals surface area contributed by atoms with Crippen molar-refractivity contribution in [3.63, 3.8) is 0 Å². The number of hydrogen-bond acceptors (Lipinski definition) is 4. The smallest absolute Gasteiger partial charge is 0.272 e. The summed E-state index contributed by atoms with van der Waals surface area (Å²) in [7, 11) is 3.83. The van der Waals surface area contributed by atoms with E-state index in [1.807, 2.05) is 80.5 Å². The van der Waals surface area contributed by atoms with Gasteiger partial charge < -0.3 is 4.90 Å². The second-order valence-corrected chi connectivity index (χ2v) is 6.74. The molecule has 7 heteroatoms. The van der Waals surface area contributed by atoms with Crippen molar-refractivity contribution in [1.82, 2.24) is 24.5 Å². The van der Waals surface area contributed by atoms with E-state index in [2.05, 4.69) is 20.1 Å². The summed E-state index contributed by atoms with van der Waals surface area (Å²) in [6, 6.07) is 17.6. The predicted molar refractivity (Wildman–Crippen MR) is 110 cm³/mol. The maximum atomic E-state index is 12.5. The Balaban J connectivity index is 1.79. The van der Waals surface area contributed by atoms with Crippen LogP contribution in [0.25, 0.3) is 16.9 Å². The number of amidine groups is 1. The average Bonchev–Trinajstić information content (AvgIpc) is 3.08. The lowest BCUT2D eigenvalue weighted by Crippen LogP contribution is -2.22. The number of nitrogens with one attached hydrogen (secondary N) is 1. The topological polar surface area (TPSA) is 78.7 Å². The van der Waals surface area contributed by atoms with Crippen LogP contribution < -0.4 is 5.56 Å². The molecule has 0 bridgehead atoms. The molecule has 7 nitrogen and oxygen atoms in total. The van der Waals surface area contributed by atoms with Gasteiger partial charge in [-0.2, -0.15) is 9.98 Å². The molecule has 2 heterocycles. The highest BCUT2D eigenvalue weighted by molar-refractivity contribution is 5.99. The van der Waals surface area contributed by atoms with Crippen LogP contribution in [0.5, 0.6) is 0 Å². The van der Waals surface area contributed by atoms with Crippen LogP contribution in [-0.2, 0) is 0 Å². The molecule has 0 unspecified atom stereocenters. The van der Waals surface area contributed by atoms with Crippen LogP contribution in [0.1, 0.15) is 11.1 Å². The van der Waals surface area contributed by atoms with Crippen molar-refractivity contribution < 1.29 is 0 Å². The van der Waals surface area contributed by atoms with Gasteiger partial charge in [-0.25, -0.2) is 4.52 Å². The van der Waals surface area contributed by atoms with Crippen molar-refractivity contribution in [3.05, 3.63) is 82.3 Å². The first-order chi connectivity index (χ1) is 13.5. The van der Waals surface area contributed by atoms with Gasteiger partial charge in [0, 0.05) is 25.9 Å². The van der Waals surface area contributed by atoms with E-state index in [1.165, 1.54) is 0 Å². The number of fused-ring (bicyclic) bond motifs is 1. The van der Waals surface area contributed by atoms with Gasteiger partial charge in [-0.3, -0.25) is 9.78 Å². The molecule has 0 saturated heterocycles. The quantitative estimate of drug-likeness (QED) is 0.443. The number of benzene rings is 2. The zero-order valence-electron chi connectivity index (χ0n) is 15.9. The van der Waals surface area contributed by atoms with Gasteiger partial charge in [0.25, 0.3) is 11.5 Å². The van der Waals surface area contributed by atoms with Crippen LogP contribution in [0.2, 0.25) is 0 Å². The second kappa shape index (κ2) is 7.11. The monoisotopic (exact) mass is 372 g/mol. The van der Waals surface area contributed by atoms with E-state index in [4.69, 9.17) is 0 Å². The molecule has 0 atom stereocenters. The summed E-state index contributed by atoms with van der Waals surface area (Å²) in [6.45, 7) is 2.01. The summed E-state index contributed by atoms with van der Waals surface area (Å²) >= 11 is 0. The second-order valence-electron chi connectivity index (χ2n) is 6.74. The summed E-state index contributed by atoms with van der Waals surface area (Å²) in [5, 5.41) is 4.43. The van der Waals surface area contributed by atoms with Crippen LogP contribution in [-0.4, -0.2) is 44.4 Å². The van der Waals surface area contributed by atoms with Gasteiger partial charge in [0.05, 0.1) is 5.56 Å². The minimum atomic E-state index is -0.213. The van der Waals surface area contributed by atoms with E-state index in [9.17, 15) is 4.79 Å². The van der Waals surface area contributed by atoms with Crippen LogP contribution in [0.3, 0.4) is 0 Å². The SMILES string of the molecule is Cc1ccc(-c2cn3nc(N=C(c4ccccc4)N(C)C)nc3[nH]c2=O)cc1. The highest BCUT2D eigenvalue weighted by Gasteiger charge is 2.12. The zero-order valence-corrected chi connectivity index (χ0v) is 15.9. The molecular formula is C21H20N6O. The third-order valence-electron chi connectivity index (χ3n) is 4.37. The Kier molecular flexibility index (Phi) is 4.49. The fraction of sp³-hybridized carbons (Fsp3) is 0.143. The largest absolute Gasteiger partial charge is 0.362 e. The van der Waals surface area contributed by atoms with E-state index in [1.54, 1.807) is 10.7 Å². The Labute approximate surface area is 162 Å². The zero-order chi connectivity index (χ0) is 19.7. The fourth-order valence-electron chi connectivity index (χ4n) is 2.93. The van der Waals surface area contributed by atoms with Gasteiger partial charge in [0.15, 0.2) is 0 Å². The Morgan fingerprint density at radius 1 is 1.07 bits per heavy atom. The summed E-state index contributed by atoms with van der Waals surface area (Å²) in [5.41, 5.74) is 3.24. The maximum Gasteiger partial charge on any atom is 0.272 e. The average molecular weight is 372 g/mol. The Hall–Kier alpha value is -3.74. The highest BCUT2D eigenvalue weighted by atomic mass is 16.1. The number of hydrogen-bond donors (Lipinski definition) is 1. The van der Waals surface area contributed by atoms with Crippen LogP contribution in [0, 0.1) is 6.92 Å². The predicted octanol–water partition coefficient (Wildman–Crippen LogP) is 3.03. The van der Waals surface area contributed by atoms with Gasteiger partial charge in [-0.15, -0.1) is 5.10 Å². The van der Waals surface area contributed by atoms with E-state index < -0.39 is 0 Å². The summed E-state index contributed by atoms with van der Waals surface area (Å²) in [4.78, 5) is 26.1. The first kappa shape index (κ1) is 17.7. The highest BCUT2D eigenvalue weighted by Crippen LogP contribution is 2.17. The molecule has 0 amide bonds. The molecular weight excluding hydrogens is 352 g/mol. The Bertz CT molecular complexity index is 1200. The van der Waals surface area contributed by atoms with Gasteiger partial charge in [-0.05, 0) is 12.5 Å². The third-order valence-corrected chi connectivity index (χ3v) is 4.37. The molecule has 0 aliphatic rings. The lowest BCUT2D eigenvalue weighted by Gasteiger charge is -2.14. The van der Waals surface area contributed by atoms with Crippen molar-refractivity contribution >= 4 is 17.6 Å². The molecule has 28 heavy (non-hydrogen) atoms. The van der Waals surface area contributed by atoms with E-state index in [0.717, 1.165) is 22.5 Å². The molecule has 2 aromatic carbocycles. The molecule has 4 aromatic rings. The summed E-state index contributed by atoms with van der Waals surface area (Å²) in [5.74, 6) is 1.37. The third kappa shape index (κ3) is 3.42. The number of aromatic nitrogens is 4. The van der Waals surface area contributed by atoms with E-state index in [-0.39, 0.29) is 11.5 Å². The molecule has 140 valence electrons. The van der Waals surface area contributed by atoms with E-state index >= 15 is 0 Å². The van der Waals surface area contributed by atoms with Crippen molar-refractivity contribution in [2.24, 2.45) is 4.99 Å². The molecule has 0 saturated carbocycles. The Morgan fingerprint density at radius 3 is 2.46 bits per heavy atom. The lowest BCUT2D eigenvalue weighted by molar-refractivity contribution is 0.623. The van der Waals surface area contributed by atoms with Crippen molar-refractivity contribution in [2.75, 3.05) is 14.1 Å². The molecule has 0 fully saturated rings. The fourth-order valence-corrected chi connectivity index (χ4v) is 2.93. The molecule has 0 radical (unpaired) electrons. The standard InChI is InChI=1S/C21H20N6O/c1-14-9-11-15(12-10-14)17-13-27-21(23-19(17)28)24-20(25-27)22-18(26(2)3)16-7-5-4-6-8-16/h4-13H,1-3H3,(H,23,24,25,28). The molecule has 2 aromatic heterocycles. The number of nitrogens with zero attached hydrogens (tertiary/aromatic N) is 5. The number of aliphatic imine (C=N–C) groups is 1. The summed E-state index contributed by atoms with van der Waals surface area (Å²) < 4.78 is 1.55. The number of aryl methyl sites for hydroxylation is 1. The summed E-state index contributed by atoms with van der Waals surface area (Å²) in [6.07, 6.45) is 1.68.